The smallest absolute Gasteiger partial charge is 0.256 e. The van der Waals surface area contributed by atoms with Crippen molar-refractivity contribution in [2.45, 2.75) is 26.8 Å². The molecule has 2 aromatic rings. The molecule has 1 heterocycles. The molecule has 0 spiro atoms. The molecule has 1 amide bonds. The fourth-order valence-corrected chi connectivity index (χ4v) is 2.22. The summed E-state index contributed by atoms with van der Waals surface area (Å²) >= 11 is 0. The van der Waals surface area contributed by atoms with Crippen LogP contribution in [0.3, 0.4) is 0 Å². The van der Waals surface area contributed by atoms with E-state index in [1.54, 1.807) is 6.07 Å². The molecule has 1 unspecified atom stereocenters. The molecule has 3 nitrogen and oxygen atoms in total. The van der Waals surface area contributed by atoms with Crippen LogP contribution < -0.4 is 5.32 Å². The number of aryl methyl sites for hydroxylation is 2. The highest BCUT2D eigenvalue weighted by Crippen LogP contribution is 2.19. The van der Waals surface area contributed by atoms with Gasteiger partial charge in [-0.3, -0.25) is 4.79 Å². The average Bonchev–Trinajstić information content (AvgIpc) is 2.38. The largest absolute Gasteiger partial charge is 0.345 e. The van der Waals surface area contributed by atoms with Gasteiger partial charge >= 0.3 is 0 Å². The number of pyridine rings is 1. The van der Waals surface area contributed by atoms with E-state index in [0.717, 1.165) is 11.1 Å². The molecule has 104 valence electrons. The number of nitrogens with zero attached hydrogens (tertiary/aromatic N) is 1. The van der Waals surface area contributed by atoms with Gasteiger partial charge in [-0.25, -0.2) is 4.98 Å². The van der Waals surface area contributed by atoms with Crippen LogP contribution in [0.1, 0.15) is 40.0 Å². The van der Waals surface area contributed by atoms with Gasteiger partial charge in [0.05, 0.1) is 11.6 Å². The Morgan fingerprint density at radius 3 is 2.70 bits per heavy atom. The highest BCUT2D eigenvalue weighted by Gasteiger charge is 2.16. The zero-order chi connectivity index (χ0) is 14.7. The summed E-state index contributed by atoms with van der Waals surface area (Å²) in [5, 5.41) is 2.79. The van der Waals surface area contributed by atoms with Crippen molar-refractivity contribution in [3.8, 4) is 0 Å². The lowest BCUT2D eigenvalue weighted by Gasteiger charge is -2.17. The number of carbonyl (C=O) groups is 1. The van der Waals surface area contributed by atoms with E-state index < -0.39 is 11.9 Å². The van der Waals surface area contributed by atoms with Gasteiger partial charge in [-0.05, 0) is 44.0 Å². The number of nitrogens with one attached hydrogen (secondary N) is 1. The van der Waals surface area contributed by atoms with E-state index in [4.69, 9.17) is 0 Å². The minimum atomic E-state index is -0.752. The number of benzene rings is 1. The molecule has 1 aromatic heterocycles. The molecule has 0 fully saturated rings. The first-order valence-electron chi connectivity index (χ1n) is 6.47. The van der Waals surface area contributed by atoms with Crippen molar-refractivity contribution in [3.05, 3.63) is 64.7 Å². The second kappa shape index (κ2) is 5.82. The summed E-state index contributed by atoms with van der Waals surface area (Å²) in [5.74, 6) is -1.21. The summed E-state index contributed by atoms with van der Waals surface area (Å²) in [6, 6.07) is 8.81. The Morgan fingerprint density at radius 2 is 2.05 bits per heavy atom. The van der Waals surface area contributed by atoms with Crippen molar-refractivity contribution >= 4 is 5.91 Å². The van der Waals surface area contributed by atoms with E-state index in [-0.39, 0.29) is 11.6 Å². The minimum absolute atomic E-state index is 0.0379. The van der Waals surface area contributed by atoms with Crippen LogP contribution in [0.4, 0.5) is 4.39 Å². The molecule has 2 rings (SSSR count). The van der Waals surface area contributed by atoms with Crippen molar-refractivity contribution in [3.63, 3.8) is 0 Å². The van der Waals surface area contributed by atoms with Crippen LogP contribution in [0.15, 0.2) is 36.5 Å². The molecule has 0 saturated heterocycles. The van der Waals surface area contributed by atoms with Crippen LogP contribution in [0.2, 0.25) is 0 Å². The maximum atomic E-state index is 13.5. The molecule has 0 aliphatic rings. The standard InChI is InChI=1S/C16H17FN2O/c1-10-6-7-13(11(2)9-10)12(3)19-16(20)14-5-4-8-18-15(14)17/h4-9,12H,1-3H3,(H,19,20). The van der Waals surface area contributed by atoms with Gasteiger partial charge in [-0.1, -0.05) is 23.8 Å². The highest BCUT2D eigenvalue weighted by atomic mass is 19.1. The fraction of sp³-hybridized carbons (Fsp3) is 0.250. The van der Waals surface area contributed by atoms with Crippen molar-refractivity contribution in [2.24, 2.45) is 0 Å². The molecule has 4 heteroatoms. The maximum Gasteiger partial charge on any atom is 0.256 e. The van der Waals surface area contributed by atoms with Gasteiger partial charge in [0.2, 0.25) is 5.95 Å². The van der Waals surface area contributed by atoms with E-state index in [1.165, 1.54) is 17.8 Å². The number of halogens is 1. The second-order valence-electron chi connectivity index (χ2n) is 4.90. The Labute approximate surface area is 117 Å². The van der Waals surface area contributed by atoms with Crippen LogP contribution in [0.25, 0.3) is 0 Å². The van der Waals surface area contributed by atoms with Crippen LogP contribution in [-0.2, 0) is 0 Å². The summed E-state index contributed by atoms with van der Waals surface area (Å²) < 4.78 is 13.5. The normalized spacial score (nSPS) is 12.0. The lowest BCUT2D eigenvalue weighted by Crippen LogP contribution is -2.28. The third-order valence-corrected chi connectivity index (χ3v) is 3.24. The third-order valence-electron chi connectivity index (χ3n) is 3.24. The van der Waals surface area contributed by atoms with E-state index >= 15 is 0 Å². The molecular formula is C16H17FN2O. The fourth-order valence-electron chi connectivity index (χ4n) is 2.22. The number of carbonyl (C=O) groups excluding carboxylic acids is 1. The first-order valence-corrected chi connectivity index (χ1v) is 6.47. The molecule has 1 atom stereocenters. The van der Waals surface area contributed by atoms with Gasteiger partial charge < -0.3 is 5.32 Å². The Kier molecular flexibility index (Phi) is 4.13. The van der Waals surface area contributed by atoms with Crippen molar-refractivity contribution in [1.82, 2.24) is 10.3 Å². The number of hydrogen-bond acceptors (Lipinski definition) is 2. The van der Waals surface area contributed by atoms with Crippen molar-refractivity contribution < 1.29 is 9.18 Å². The zero-order valence-electron chi connectivity index (χ0n) is 11.8. The summed E-state index contributed by atoms with van der Waals surface area (Å²) in [5.41, 5.74) is 3.25. The average molecular weight is 272 g/mol. The Balaban J connectivity index is 2.17. The van der Waals surface area contributed by atoms with Gasteiger partial charge in [0, 0.05) is 6.20 Å². The summed E-state index contributed by atoms with van der Waals surface area (Å²) in [6.45, 7) is 5.89. The molecule has 0 radical (unpaired) electrons. The van der Waals surface area contributed by atoms with Crippen molar-refractivity contribution in [1.29, 1.82) is 0 Å². The summed E-state index contributed by atoms with van der Waals surface area (Å²) in [4.78, 5) is 15.5. The van der Waals surface area contributed by atoms with E-state index in [9.17, 15) is 9.18 Å². The number of amides is 1. The van der Waals surface area contributed by atoms with Gasteiger partial charge in [0.15, 0.2) is 0 Å². The molecule has 0 aliphatic heterocycles. The van der Waals surface area contributed by atoms with E-state index in [1.807, 2.05) is 32.9 Å². The first kappa shape index (κ1) is 14.2. The topological polar surface area (TPSA) is 42.0 Å². The van der Waals surface area contributed by atoms with Gasteiger partial charge in [-0.2, -0.15) is 4.39 Å². The van der Waals surface area contributed by atoms with Gasteiger partial charge in [0.1, 0.15) is 0 Å². The monoisotopic (exact) mass is 272 g/mol. The second-order valence-corrected chi connectivity index (χ2v) is 4.90. The highest BCUT2D eigenvalue weighted by molar-refractivity contribution is 5.94. The Morgan fingerprint density at radius 1 is 1.30 bits per heavy atom. The molecular weight excluding hydrogens is 255 g/mol. The summed E-state index contributed by atoms with van der Waals surface area (Å²) in [6.07, 6.45) is 1.32. The lowest BCUT2D eigenvalue weighted by atomic mass is 10.00. The molecule has 1 N–H and O–H groups in total. The molecule has 1 aromatic carbocycles. The van der Waals surface area contributed by atoms with Gasteiger partial charge in [0.25, 0.3) is 5.91 Å². The predicted molar refractivity (Wildman–Crippen MR) is 76.0 cm³/mol. The SMILES string of the molecule is Cc1ccc(C(C)NC(=O)c2cccnc2F)c(C)c1. The molecule has 0 bridgehead atoms. The first-order chi connectivity index (χ1) is 9.49. The van der Waals surface area contributed by atoms with Crippen LogP contribution in [0.5, 0.6) is 0 Å². The van der Waals surface area contributed by atoms with Gasteiger partial charge in [-0.15, -0.1) is 0 Å². The van der Waals surface area contributed by atoms with E-state index in [0.29, 0.717) is 0 Å². The number of aromatic nitrogens is 1. The maximum absolute atomic E-state index is 13.5. The molecule has 0 saturated carbocycles. The zero-order valence-corrected chi connectivity index (χ0v) is 11.8. The van der Waals surface area contributed by atoms with Crippen molar-refractivity contribution in [2.75, 3.05) is 0 Å². The predicted octanol–water partition coefficient (Wildman–Crippen LogP) is 3.33. The van der Waals surface area contributed by atoms with Crippen LogP contribution in [-0.4, -0.2) is 10.9 Å². The van der Waals surface area contributed by atoms with E-state index in [2.05, 4.69) is 16.4 Å². The number of hydrogen-bond donors (Lipinski definition) is 1. The third kappa shape index (κ3) is 3.02. The molecule has 0 aliphatic carbocycles. The Bertz CT molecular complexity index is 640. The Hall–Kier alpha value is -2.23. The number of rotatable bonds is 3. The lowest BCUT2D eigenvalue weighted by molar-refractivity contribution is 0.0935. The minimum Gasteiger partial charge on any atom is -0.345 e. The summed E-state index contributed by atoms with van der Waals surface area (Å²) in [7, 11) is 0. The van der Waals surface area contributed by atoms with Crippen LogP contribution in [0, 0.1) is 19.8 Å². The van der Waals surface area contributed by atoms with Crippen LogP contribution >= 0.6 is 0 Å². The molecule has 20 heavy (non-hydrogen) atoms. The quantitative estimate of drug-likeness (QED) is 0.871.